The molecule has 0 spiro atoms. The van der Waals surface area contributed by atoms with E-state index in [-0.39, 0.29) is 12.2 Å². The van der Waals surface area contributed by atoms with E-state index in [1.165, 1.54) is 20.3 Å². The first-order valence-electron chi connectivity index (χ1n) is 8.78. The van der Waals surface area contributed by atoms with Crippen LogP contribution >= 0.6 is 0 Å². The Kier molecular flexibility index (Phi) is 4.82. The number of benzene rings is 3. The summed E-state index contributed by atoms with van der Waals surface area (Å²) in [5.41, 5.74) is 0.131. The second-order valence-corrected chi connectivity index (χ2v) is 6.34. The molecule has 0 atom stereocenters. The predicted octanol–water partition coefficient (Wildman–Crippen LogP) is 3.91. The van der Waals surface area contributed by atoms with Gasteiger partial charge in [-0.15, -0.1) is 0 Å². The van der Waals surface area contributed by atoms with Crippen molar-refractivity contribution in [3.05, 3.63) is 52.4 Å². The fourth-order valence-electron chi connectivity index (χ4n) is 3.54. The fourth-order valence-corrected chi connectivity index (χ4v) is 3.54. The first-order chi connectivity index (χ1) is 14.1. The summed E-state index contributed by atoms with van der Waals surface area (Å²) in [5.74, 6) is 1.47. The SMILES string of the molecule is COCOc1cccc2c1c(OC)cc1c2oc(=O)c2cc(C=O)cc(OC)c21. The van der Waals surface area contributed by atoms with Gasteiger partial charge in [0.25, 0.3) is 0 Å². The Morgan fingerprint density at radius 2 is 1.66 bits per heavy atom. The highest BCUT2D eigenvalue weighted by atomic mass is 16.7. The van der Waals surface area contributed by atoms with E-state index in [0.29, 0.717) is 56.2 Å². The Morgan fingerprint density at radius 1 is 0.897 bits per heavy atom. The number of ether oxygens (including phenoxy) is 4. The van der Waals surface area contributed by atoms with Crippen molar-refractivity contribution < 1.29 is 28.2 Å². The van der Waals surface area contributed by atoms with Crippen LogP contribution in [0.25, 0.3) is 32.5 Å². The van der Waals surface area contributed by atoms with E-state index in [4.69, 9.17) is 23.4 Å². The molecular formula is C22H18O7. The number of carbonyl (C=O) groups is 1. The lowest BCUT2D eigenvalue weighted by Gasteiger charge is -2.15. The summed E-state index contributed by atoms with van der Waals surface area (Å²) in [6.07, 6.45) is 0.659. The Morgan fingerprint density at radius 3 is 2.34 bits per heavy atom. The smallest absolute Gasteiger partial charge is 0.344 e. The molecule has 3 aromatic carbocycles. The monoisotopic (exact) mass is 394 g/mol. The number of carbonyl (C=O) groups excluding carboxylic acids is 1. The van der Waals surface area contributed by atoms with Gasteiger partial charge in [-0.05, 0) is 24.3 Å². The molecule has 29 heavy (non-hydrogen) atoms. The van der Waals surface area contributed by atoms with Crippen molar-refractivity contribution in [1.29, 1.82) is 0 Å². The van der Waals surface area contributed by atoms with Gasteiger partial charge in [-0.25, -0.2) is 4.79 Å². The molecule has 0 fully saturated rings. The van der Waals surface area contributed by atoms with E-state index < -0.39 is 5.63 Å². The maximum atomic E-state index is 12.8. The molecule has 0 unspecified atom stereocenters. The quantitative estimate of drug-likeness (QED) is 0.212. The molecule has 4 rings (SSSR count). The van der Waals surface area contributed by atoms with Gasteiger partial charge in [0, 0.05) is 28.8 Å². The molecule has 0 saturated carbocycles. The maximum absolute atomic E-state index is 12.8. The average molecular weight is 394 g/mol. The highest BCUT2D eigenvalue weighted by Gasteiger charge is 2.20. The van der Waals surface area contributed by atoms with Crippen LogP contribution in [0, 0.1) is 0 Å². The van der Waals surface area contributed by atoms with E-state index >= 15 is 0 Å². The van der Waals surface area contributed by atoms with Crippen molar-refractivity contribution >= 4 is 38.8 Å². The molecule has 1 aromatic heterocycles. The van der Waals surface area contributed by atoms with Crippen LogP contribution in [0.2, 0.25) is 0 Å². The molecule has 4 aromatic rings. The molecule has 0 saturated heterocycles. The van der Waals surface area contributed by atoms with Crippen LogP contribution in [0.1, 0.15) is 10.4 Å². The molecular weight excluding hydrogens is 376 g/mol. The number of methoxy groups -OCH3 is 3. The van der Waals surface area contributed by atoms with E-state index in [1.807, 2.05) is 6.07 Å². The third kappa shape index (κ3) is 2.96. The van der Waals surface area contributed by atoms with E-state index in [9.17, 15) is 9.59 Å². The number of aldehydes is 1. The Labute approximate surface area is 165 Å². The zero-order valence-electron chi connectivity index (χ0n) is 16.1. The van der Waals surface area contributed by atoms with Gasteiger partial charge in [0.2, 0.25) is 0 Å². The second-order valence-electron chi connectivity index (χ2n) is 6.34. The van der Waals surface area contributed by atoms with E-state index in [0.717, 1.165) is 0 Å². The van der Waals surface area contributed by atoms with Crippen molar-refractivity contribution in [2.45, 2.75) is 0 Å². The van der Waals surface area contributed by atoms with Crippen molar-refractivity contribution in [3.8, 4) is 17.2 Å². The maximum Gasteiger partial charge on any atom is 0.344 e. The van der Waals surface area contributed by atoms with Gasteiger partial charge in [-0.3, -0.25) is 4.79 Å². The third-order valence-electron chi connectivity index (χ3n) is 4.75. The lowest BCUT2D eigenvalue weighted by molar-refractivity contribution is 0.0521. The zero-order valence-corrected chi connectivity index (χ0v) is 16.1. The van der Waals surface area contributed by atoms with Crippen LogP contribution in [0.5, 0.6) is 17.2 Å². The first-order valence-corrected chi connectivity index (χ1v) is 8.78. The topological polar surface area (TPSA) is 84.2 Å². The number of rotatable bonds is 6. The second kappa shape index (κ2) is 7.44. The first kappa shape index (κ1) is 18.8. The van der Waals surface area contributed by atoms with Crippen LogP contribution in [0.4, 0.5) is 0 Å². The molecule has 0 N–H and O–H groups in total. The summed E-state index contributed by atoms with van der Waals surface area (Å²) in [6, 6.07) is 10.2. The summed E-state index contributed by atoms with van der Waals surface area (Å²) in [4.78, 5) is 24.0. The summed E-state index contributed by atoms with van der Waals surface area (Å²) in [6.45, 7) is 0.0598. The summed E-state index contributed by atoms with van der Waals surface area (Å²) < 4.78 is 27.4. The Balaban J connectivity index is 2.21. The van der Waals surface area contributed by atoms with Crippen molar-refractivity contribution in [2.24, 2.45) is 0 Å². The van der Waals surface area contributed by atoms with Crippen LogP contribution in [0.15, 0.2) is 45.6 Å². The molecule has 0 aliphatic carbocycles. The van der Waals surface area contributed by atoms with Gasteiger partial charge < -0.3 is 23.4 Å². The molecule has 0 radical (unpaired) electrons. The summed E-state index contributed by atoms with van der Waals surface area (Å²) in [5, 5.41) is 2.74. The normalized spacial score (nSPS) is 11.1. The van der Waals surface area contributed by atoms with Gasteiger partial charge >= 0.3 is 5.63 Å². The largest absolute Gasteiger partial charge is 0.496 e. The van der Waals surface area contributed by atoms with E-state index in [1.54, 1.807) is 31.4 Å². The molecule has 0 amide bonds. The zero-order chi connectivity index (χ0) is 20.5. The van der Waals surface area contributed by atoms with Gasteiger partial charge in [0.15, 0.2) is 6.79 Å². The molecule has 148 valence electrons. The van der Waals surface area contributed by atoms with Crippen LogP contribution in [-0.4, -0.2) is 34.4 Å². The number of hydrogen-bond donors (Lipinski definition) is 0. The minimum absolute atomic E-state index is 0.0598. The molecule has 0 bridgehead atoms. The molecule has 7 nitrogen and oxygen atoms in total. The minimum atomic E-state index is -0.566. The van der Waals surface area contributed by atoms with Crippen molar-refractivity contribution in [1.82, 2.24) is 0 Å². The minimum Gasteiger partial charge on any atom is -0.496 e. The molecule has 7 heteroatoms. The molecule has 0 aliphatic heterocycles. The highest BCUT2D eigenvalue weighted by molar-refractivity contribution is 6.18. The van der Waals surface area contributed by atoms with Gasteiger partial charge in [0.1, 0.15) is 29.1 Å². The average Bonchev–Trinajstić information content (AvgIpc) is 2.76. The van der Waals surface area contributed by atoms with Gasteiger partial charge in [-0.1, -0.05) is 12.1 Å². The lowest BCUT2D eigenvalue weighted by atomic mass is 9.99. The summed E-state index contributed by atoms with van der Waals surface area (Å²) in [7, 11) is 4.57. The van der Waals surface area contributed by atoms with Gasteiger partial charge in [-0.2, -0.15) is 0 Å². The van der Waals surface area contributed by atoms with Crippen LogP contribution < -0.4 is 19.8 Å². The van der Waals surface area contributed by atoms with E-state index in [2.05, 4.69) is 0 Å². The lowest BCUT2D eigenvalue weighted by Crippen LogP contribution is -2.04. The molecule has 0 aliphatic rings. The third-order valence-corrected chi connectivity index (χ3v) is 4.75. The number of fused-ring (bicyclic) bond motifs is 5. The van der Waals surface area contributed by atoms with Crippen LogP contribution in [0.3, 0.4) is 0 Å². The van der Waals surface area contributed by atoms with Crippen molar-refractivity contribution in [2.75, 3.05) is 28.1 Å². The Bertz CT molecular complexity index is 1300. The fraction of sp³-hybridized carbons (Fsp3) is 0.182. The van der Waals surface area contributed by atoms with Crippen LogP contribution in [-0.2, 0) is 4.74 Å². The highest BCUT2D eigenvalue weighted by Crippen LogP contribution is 2.42. The standard InChI is InChI=1S/C22H18O7/c1-25-11-28-16-6-4-5-13-20(16)18(27-3)9-14-19-15(22(24)29-21(13)14)7-12(10-23)8-17(19)26-2/h4-10H,11H2,1-3H3. The Hall–Kier alpha value is -3.58. The van der Waals surface area contributed by atoms with Gasteiger partial charge in [0.05, 0.1) is 25.0 Å². The number of hydrogen-bond acceptors (Lipinski definition) is 7. The van der Waals surface area contributed by atoms with Crippen molar-refractivity contribution in [3.63, 3.8) is 0 Å². The summed E-state index contributed by atoms with van der Waals surface area (Å²) >= 11 is 0. The predicted molar refractivity (Wildman–Crippen MR) is 108 cm³/mol. The molecule has 1 heterocycles.